The van der Waals surface area contributed by atoms with Crippen molar-refractivity contribution in [2.75, 3.05) is 11.9 Å². The first kappa shape index (κ1) is 13.2. The molecule has 0 fully saturated rings. The van der Waals surface area contributed by atoms with E-state index in [9.17, 15) is 9.90 Å². The number of phenolic OH excluding ortho intramolecular Hbond substituents is 1. The lowest BCUT2D eigenvalue weighted by atomic mass is 10.1. The van der Waals surface area contributed by atoms with E-state index in [1.807, 2.05) is 42.5 Å². The number of nitrogens with zero attached hydrogens (tertiary/aromatic N) is 1. The highest BCUT2D eigenvalue weighted by Gasteiger charge is 2.18. The van der Waals surface area contributed by atoms with Gasteiger partial charge in [-0.2, -0.15) is 0 Å². The molecule has 0 aromatic heterocycles. The minimum atomic E-state index is -0.232. The lowest BCUT2D eigenvalue weighted by Gasteiger charge is -2.20. The van der Waals surface area contributed by atoms with Crippen LogP contribution in [-0.4, -0.2) is 18.1 Å². The van der Waals surface area contributed by atoms with Crippen LogP contribution in [-0.2, 0) is 0 Å². The third kappa shape index (κ3) is 2.34. The Kier molecular flexibility index (Phi) is 3.32. The smallest absolute Gasteiger partial charge is 0.261 e. The lowest BCUT2D eigenvalue weighted by Crippen LogP contribution is -2.26. The summed E-state index contributed by atoms with van der Waals surface area (Å²) in [5.41, 5.74) is 1.12. The first-order valence-corrected chi connectivity index (χ1v) is 6.72. The molecule has 0 unspecified atom stereocenters. The molecule has 0 bridgehead atoms. The third-order valence-electron chi connectivity index (χ3n) is 3.57. The summed E-state index contributed by atoms with van der Waals surface area (Å²) in [7, 11) is 1.72. The van der Waals surface area contributed by atoms with Gasteiger partial charge in [0.2, 0.25) is 0 Å². The second kappa shape index (κ2) is 5.29. The molecule has 0 aliphatic rings. The van der Waals surface area contributed by atoms with Gasteiger partial charge >= 0.3 is 0 Å². The Balaban J connectivity index is 2.07. The fourth-order valence-corrected chi connectivity index (χ4v) is 2.45. The normalized spacial score (nSPS) is 10.5. The molecule has 0 aliphatic carbocycles. The molecule has 1 N–H and O–H groups in total. The molecule has 21 heavy (non-hydrogen) atoms. The van der Waals surface area contributed by atoms with E-state index in [4.69, 9.17) is 0 Å². The predicted octanol–water partition coefficient (Wildman–Crippen LogP) is 3.82. The van der Waals surface area contributed by atoms with Crippen LogP contribution in [0, 0.1) is 0 Å². The summed E-state index contributed by atoms with van der Waals surface area (Å²) >= 11 is 0. The third-order valence-corrected chi connectivity index (χ3v) is 3.57. The predicted molar refractivity (Wildman–Crippen MR) is 84.8 cm³/mol. The van der Waals surface area contributed by atoms with Gasteiger partial charge in [-0.05, 0) is 23.6 Å². The summed E-state index contributed by atoms with van der Waals surface area (Å²) in [6.07, 6.45) is 0. The Morgan fingerprint density at radius 1 is 0.905 bits per heavy atom. The number of rotatable bonds is 2. The van der Waals surface area contributed by atoms with Crippen LogP contribution >= 0.6 is 0 Å². The van der Waals surface area contributed by atoms with E-state index in [-0.39, 0.29) is 11.7 Å². The number of hydrogen-bond acceptors (Lipinski definition) is 2. The Morgan fingerprint density at radius 3 is 2.38 bits per heavy atom. The second-order valence-electron chi connectivity index (χ2n) is 4.88. The average Bonchev–Trinajstić information content (AvgIpc) is 2.53. The lowest BCUT2D eigenvalue weighted by molar-refractivity contribution is 0.0990. The first-order chi connectivity index (χ1) is 10.2. The molecular weight excluding hydrogens is 262 g/mol. The SMILES string of the molecule is CN(C(=O)c1ccccc1O)c1cccc2ccccc12. The van der Waals surface area contributed by atoms with Crippen molar-refractivity contribution in [3.63, 3.8) is 0 Å². The highest BCUT2D eigenvalue weighted by molar-refractivity contribution is 6.11. The number of amides is 1. The highest BCUT2D eigenvalue weighted by atomic mass is 16.3. The van der Waals surface area contributed by atoms with Crippen molar-refractivity contribution < 1.29 is 9.90 Å². The molecule has 0 heterocycles. The van der Waals surface area contributed by atoms with Crippen LogP contribution in [0.2, 0.25) is 0 Å². The fourth-order valence-electron chi connectivity index (χ4n) is 2.45. The number of anilines is 1. The summed E-state index contributed by atoms with van der Waals surface area (Å²) in [6.45, 7) is 0. The maximum atomic E-state index is 12.6. The standard InChI is InChI=1S/C18H15NO2/c1-19(18(21)15-10-4-5-12-17(15)20)16-11-6-8-13-7-2-3-9-14(13)16/h2-12,20H,1H3. The van der Waals surface area contributed by atoms with Gasteiger partial charge in [0.05, 0.1) is 11.3 Å². The van der Waals surface area contributed by atoms with Crippen molar-refractivity contribution in [2.45, 2.75) is 0 Å². The molecular formula is C18H15NO2. The first-order valence-electron chi connectivity index (χ1n) is 6.72. The van der Waals surface area contributed by atoms with Crippen molar-refractivity contribution in [2.24, 2.45) is 0 Å². The van der Waals surface area contributed by atoms with Gasteiger partial charge in [-0.1, -0.05) is 48.5 Å². The molecule has 0 atom stereocenters. The van der Waals surface area contributed by atoms with Crippen molar-refractivity contribution in [3.05, 3.63) is 72.3 Å². The monoisotopic (exact) mass is 277 g/mol. The quantitative estimate of drug-likeness (QED) is 0.773. The molecule has 104 valence electrons. The van der Waals surface area contributed by atoms with Crippen LogP contribution in [0.4, 0.5) is 5.69 Å². The van der Waals surface area contributed by atoms with Gasteiger partial charge in [0.25, 0.3) is 5.91 Å². The number of carbonyl (C=O) groups excluding carboxylic acids is 1. The number of hydrogen-bond donors (Lipinski definition) is 1. The van der Waals surface area contributed by atoms with Gasteiger partial charge in [0.15, 0.2) is 0 Å². The van der Waals surface area contributed by atoms with Crippen molar-refractivity contribution >= 4 is 22.4 Å². The highest BCUT2D eigenvalue weighted by Crippen LogP contribution is 2.28. The van der Waals surface area contributed by atoms with E-state index < -0.39 is 0 Å². The average molecular weight is 277 g/mol. The van der Waals surface area contributed by atoms with Gasteiger partial charge in [-0.3, -0.25) is 4.79 Å². The number of carbonyl (C=O) groups is 1. The zero-order valence-corrected chi connectivity index (χ0v) is 11.7. The number of phenols is 1. The molecule has 0 radical (unpaired) electrons. The van der Waals surface area contributed by atoms with E-state index in [1.54, 1.807) is 30.1 Å². The van der Waals surface area contributed by atoms with E-state index in [1.165, 1.54) is 6.07 Å². The Bertz CT molecular complexity index is 806. The molecule has 3 aromatic rings. The molecule has 1 amide bonds. The van der Waals surface area contributed by atoms with Crippen LogP contribution in [0.25, 0.3) is 10.8 Å². The molecule has 3 rings (SSSR count). The van der Waals surface area contributed by atoms with Gasteiger partial charge in [-0.25, -0.2) is 0 Å². The van der Waals surface area contributed by atoms with Crippen LogP contribution < -0.4 is 4.90 Å². The van der Waals surface area contributed by atoms with Crippen molar-refractivity contribution in [3.8, 4) is 5.75 Å². The Morgan fingerprint density at radius 2 is 1.57 bits per heavy atom. The molecule has 0 saturated heterocycles. The van der Waals surface area contributed by atoms with E-state index >= 15 is 0 Å². The molecule has 3 heteroatoms. The molecule has 0 aliphatic heterocycles. The summed E-state index contributed by atoms with van der Waals surface area (Å²) in [6, 6.07) is 20.3. The summed E-state index contributed by atoms with van der Waals surface area (Å²) < 4.78 is 0. The zero-order chi connectivity index (χ0) is 14.8. The summed E-state index contributed by atoms with van der Waals surface area (Å²) in [4.78, 5) is 14.1. The molecule has 3 aromatic carbocycles. The minimum absolute atomic E-state index is 0.00501. The van der Waals surface area contributed by atoms with Crippen LogP contribution in [0.1, 0.15) is 10.4 Å². The van der Waals surface area contributed by atoms with Gasteiger partial charge in [0, 0.05) is 12.4 Å². The maximum absolute atomic E-state index is 12.6. The topological polar surface area (TPSA) is 40.5 Å². The van der Waals surface area contributed by atoms with Crippen molar-refractivity contribution in [1.29, 1.82) is 0 Å². The zero-order valence-electron chi connectivity index (χ0n) is 11.7. The number of fused-ring (bicyclic) bond motifs is 1. The van der Waals surface area contributed by atoms with Gasteiger partial charge in [-0.15, -0.1) is 0 Å². The minimum Gasteiger partial charge on any atom is -0.507 e. The van der Waals surface area contributed by atoms with Crippen LogP contribution in [0.3, 0.4) is 0 Å². The molecule has 0 spiro atoms. The number of aromatic hydroxyl groups is 1. The van der Waals surface area contributed by atoms with Gasteiger partial charge < -0.3 is 10.0 Å². The van der Waals surface area contributed by atoms with Crippen molar-refractivity contribution in [1.82, 2.24) is 0 Å². The number of para-hydroxylation sites is 1. The van der Waals surface area contributed by atoms with E-state index in [0.29, 0.717) is 5.56 Å². The molecule has 0 saturated carbocycles. The molecule has 3 nitrogen and oxygen atoms in total. The summed E-state index contributed by atoms with van der Waals surface area (Å²) in [5.74, 6) is -0.237. The Hall–Kier alpha value is -2.81. The second-order valence-corrected chi connectivity index (χ2v) is 4.88. The summed E-state index contributed by atoms with van der Waals surface area (Å²) in [5, 5.41) is 11.9. The van der Waals surface area contributed by atoms with E-state index in [2.05, 4.69) is 0 Å². The largest absolute Gasteiger partial charge is 0.507 e. The number of benzene rings is 3. The van der Waals surface area contributed by atoms with E-state index in [0.717, 1.165) is 16.5 Å². The van der Waals surface area contributed by atoms with Crippen LogP contribution in [0.5, 0.6) is 5.75 Å². The Labute approximate surface area is 123 Å². The van der Waals surface area contributed by atoms with Gasteiger partial charge in [0.1, 0.15) is 5.75 Å². The van der Waals surface area contributed by atoms with Crippen LogP contribution in [0.15, 0.2) is 66.7 Å². The maximum Gasteiger partial charge on any atom is 0.261 e. The fraction of sp³-hybridized carbons (Fsp3) is 0.0556.